The predicted molar refractivity (Wildman–Crippen MR) is 250 cm³/mol. The largest absolute Gasteiger partial charge is 0.454 e. The smallest absolute Gasteiger partial charge is 0.159 e. The molecule has 0 saturated heterocycles. The van der Waals surface area contributed by atoms with E-state index in [1.807, 2.05) is 6.07 Å². The average Bonchev–Trinajstić information content (AvgIpc) is 3.85. The zero-order valence-electron chi connectivity index (χ0n) is 32.3. The van der Waals surface area contributed by atoms with Gasteiger partial charge < -0.3 is 14.3 Å². The minimum Gasteiger partial charge on any atom is -0.454 e. The summed E-state index contributed by atoms with van der Waals surface area (Å²) < 4.78 is 9.19. The molecule has 3 heterocycles. The number of amidine groups is 2. The van der Waals surface area contributed by atoms with Crippen LogP contribution >= 0.6 is 0 Å². The lowest BCUT2D eigenvalue weighted by Crippen LogP contribution is -2.33. The third-order valence-corrected chi connectivity index (χ3v) is 12.3. The molecule has 0 radical (unpaired) electrons. The number of hydrogen-bond donors (Lipinski definition) is 1. The third kappa shape index (κ3) is 5.06. The van der Waals surface area contributed by atoms with Gasteiger partial charge in [0, 0.05) is 32.7 Å². The van der Waals surface area contributed by atoms with Crippen molar-refractivity contribution >= 4 is 98.5 Å². The van der Waals surface area contributed by atoms with Crippen LogP contribution in [0, 0.1) is 0 Å². The van der Waals surface area contributed by atoms with Crippen LogP contribution in [0.1, 0.15) is 22.9 Å². The number of fused-ring (bicyclic) bond motifs is 11. The third-order valence-electron chi connectivity index (χ3n) is 12.3. The van der Waals surface area contributed by atoms with Crippen molar-refractivity contribution in [1.82, 2.24) is 9.88 Å². The highest BCUT2D eigenvalue weighted by molar-refractivity contribution is 6.19. The standard InChI is InChI=1S/C55H34N4O/c1-2-13-35-27-39(24-21-33(35)11-1)53-56-54(40-25-26-43-38(28-40)23-22-34-12-5-6-16-42(34)43)58-55(57-53)41-30-47-45-18-8-10-20-51(45)60-52(47)50(32-41)59-48-19-9-7-17-44(48)46-29-36-14-3-4-15-37(36)31-49(46)59/h1-32,53H,(H,56,57,58). The summed E-state index contributed by atoms with van der Waals surface area (Å²) in [5.74, 6) is 1.43. The van der Waals surface area contributed by atoms with Crippen molar-refractivity contribution in [2.75, 3.05) is 0 Å². The molecule has 5 heteroatoms. The van der Waals surface area contributed by atoms with E-state index in [9.17, 15) is 0 Å². The summed E-state index contributed by atoms with van der Waals surface area (Å²) in [5.41, 5.74) is 7.80. The second-order valence-corrected chi connectivity index (χ2v) is 15.8. The molecule has 12 aromatic rings. The second kappa shape index (κ2) is 12.7. The highest BCUT2D eigenvalue weighted by atomic mass is 16.3. The van der Waals surface area contributed by atoms with Gasteiger partial charge in [-0.05, 0) is 97.2 Å². The lowest BCUT2D eigenvalue weighted by molar-refractivity contribution is 0.666. The molecule has 1 aliphatic rings. The molecule has 1 atom stereocenters. The van der Waals surface area contributed by atoms with Crippen LogP contribution in [0.25, 0.3) is 92.5 Å². The molecule has 13 rings (SSSR count). The quantitative estimate of drug-likeness (QED) is 0.181. The lowest BCUT2D eigenvalue weighted by Gasteiger charge is -2.24. The fourth-order valence-electron chi connectivity index (χ4n) is 9.45. The predicted octanol–water partition coefficient (Wildman–Crippen LogP) is 13.8. The van der Waals surface area contributed by atoms with E-state index in [2.05, 4.69) is 198 Å². The van der Waals surface area contributed by atoms with E-state index in [0.29, 0.717) is 5.84 Å². The zero-order chi connectivity index (χ0) is 39.3. The van der Waals surface area contributed by atoms with Gasteiger partial charge in [-0.2, -0.15) is 0 Å². The van der Waals surface area contributed by atoms with Crippen LogP contribution in [0.4, 0.5) is 0 Å². The van der Waals surface area contributed by atoms with Gasteiger partial charge in [0.2, 0.25) is 0 Å². The minimum absolute atomic E-state index is 0.385. The SMILES string of the molecule is c1ccc2cc(C3N=C(c4cc(-n5c6ccccc6c6cc7ccccc7cc65)c5oc6ccccc6c5c4)N=C(c4ccc5c(ccc6ccccc65)c4)N3)ccc2c1. The Bertz CT molecular complexity index is 3830. The summed E-state index contributed by atoms with van der Waals surface area (Å²) in [5, 5.41) is 17.8. The first-order valence-corrected chi connectivity index (χ1v) is 20.4. The molecule has 10 aromatic carbocycles. The molecule has 0 saturated carbocycles. The molecular formula is C55H34N4O. The lowest BCUT2D eigenvalue weighted by atomic mass is 9.99. The number of aromatic nitrogens is 1. The fourth-order valence-corrected chi connectivity index (χ4v) is 9.45. The summed E-state index contributed by atoms with van der Waals surface area (Å²) in [6, 6.07) is 69.3. The first kappa shape index (κ1) is 33.0. The van der Waals surface area contributed by atoms with Crippen molar-refractivity contribution in [3.63, 3.8) is 0 Å². The van der Waals surface area contributed by atoms with E-state index < -0.39 is 0 Å². The van der Waals surface area contributed by atoms with Crippen LogP contribution in [-0.2, 0) is 0 Å². The second-order valence-electron chi connectivity index (χ2n) is 15.8. The molecular weight excluding hydrogens is 733 g/mol. The van der Waals surface area contributed by atoms with Crippen molar-refractivity contribution in [1.29, 1.82) is 0 Å². The monoisotopic (exact) mass is 766 g/mol. The van der Waals surface area contributed by atoms with Gasteiger partial charge >= 0.3 is 0 Å². The summed E-state index contributed by atoms with van der Waals surface area (Å²) in [7, 11) is 0. The maximum Gasteiger partial charge on any atom is 0.159 e. The highest BCUT2D eigenvalue weighted by Crippen LogP contribution is 2.41. The van der Waals surface area contributed by atoms with Crippen molar-refractivity contribution in [3.8, 4) is 5.69 Å². The van der Waals surface area contributed by atoms with Crippen molar-refractivity contribution in [2.45, 2.75) is 6.17 Å². The summed E-state index contributed by atoms with van der Waals surface area (Å²) >= 11 is 0. The van der Waals surface area contributed by atoms with Crippen LogP contribution in [-0.4, -0.2) is 16.2 Å². The van der Waals surface area contributed by atoms with Crippen LogP contribution in [0.3, 0.4) is 0 Å². The Kier molecular flexibility index (Phi) is 7.01. The summed E-state index contributed by atoms with van der Waals surface area (Å²) in [6.07, 6.45) is -0.385. The van der Waals surface area contributed by atoms with E-state index in [4.69, 9.17) is 14.4 Å². The Morgan fingerprint density at radius 2 is 1.10 bits per heavy atom. The molecule has 1 unspecified atom stereocenters. The van der Waals surface area contributed by atoms with Crippen LogP contribution in [0.2, 0.25) is 0 Å². The molecule has 1 N–H and O–H groups in total. The number of para-hydroxylation sites is 2. The Hall–Kier alpha value is -8.02. The van der Waals surface area contributed by atoms with Gasteiger partial charge in [-0.3, -0.25) is 0 Å². The molecule has 0 bridgehead atoms. The molecule has 60 heavy (non-hydrogen) atoms. The van der Waals surface area contributed by atoms with Crippen molar-refractivity contribution < 1.29 is 4.42 Å². The number of furan rings is 1. The zero-order valence-corrected chi connectivity index (χ0v) is 32.3. The van der Waals surface area contributed by atoms with Gasteiger partial charge in [-0.25, -0.2) is 9.98 Å². The maximum absolute atomic E-state index is 6.82. The first-order chi connectivity index (χ1) is 29.7. The number of nitrogens with one attached hydrogen (secondary N) is 1. The fraction of sp³-hybridized carbons (Fsp3) is 0.0182. The maximum atomic E-state index is 6.82. The average molecular weight is 767 g/mol. The van der Waals surface area contributed by atoms with Gasteiger partial charge in [-0.1, -0.05) is 146 Å². The number of rotatable bonds is 4. The van der Waals surface area contributed by atoms with Gasteiger partial charge in [-0.15, -0.1) is 0 Å². The van der Waals surface area contributed by atoms with Crippen LogP contribution in [0.15, 0.2) is 209 Å². The Morgan fingerprint density at radius 3 is 1.97 bits per heavy atom. The van der Waals surface area contributed by atoms with Crippen LogP contribution < -0.4 is 5.32 Å². The summed E-state index contributed by atoms with van der Waals surface area (Å²) in [4.78, 5) is 10.8. The normalized spacial score (nSPS) is 14.5. The van der Waals surface area contributed by atoms with Gasteiger partial charge in [0.1, 0.15) is 17.6 Å². The minimum atomic E-state index is -0.385. The molecule has 0 fully saturated rings. The van der Waals surface area contributed by atoms with Crippen molar-refractivity contribution in [2.24, 2.45) is 9.98 Å². The molecule has 0 amide bonds. The molecule has 1 aliphatic heterocycles. The molecule has 280 valence electrons. The Balaban J connectivity index is 1.07. The van der Waals surface area contributed by atoms with E-state index in [0.717, 1.165) is 66.6 Å². The van der Waals surface area contributed by atoms with Crippen molar-refractivity contribution in [3.05, 3.63) is 211 Å². The number of hydrogen-bond acceptors (Lipinski definition) is 4. The van der Waals surface area contributed by atoms with Crippen LogP contribution in [0.5, 0.6) is 0 Å². The van der Waals surface area contributed by atoms with E-state index in [-0.39, 0.29) is 6.17 Å². The number of aliphatic imine (C=N–C) groups is 2. The Morgan fingerprint density at radius 1 is 0.433 bits per heavy atom. The van der Waals surface area contributed by atoms with Gasteiger partial charge in [0.25, 0.3) is 0 Å². The molecule has 0 aliphatic carbocycles. The Labute approximate surface area is 344 Å². The van der Waals surface area contributed by atoms with E-state index in [1.165, 1.54) is 48.5 Å². The topological polar surface area (TPSA) is 54.8 Å². The van der Waals surface area contributed by atoms with Gasteiger partial charge in [0.05, 0.1) is 16.7 Å². The molecule has 5 nitrogen and oxygen atoms in total. The van der Waals surface area contributed by atoms with E-state index >= 15 is 0 Å². The number of benzene rings is 10. The summed E-state index contributed by atoms with van der Waals surface area (Å²) in [6.45, 7) is 0. The first-order valence-electron chi connectivity index (χ1n) is 20.4. The molecule has 2 aromatic heterocycles. The number of nitrogens with zero attached hydrogens (tertiary/aromatic N) is 3. The van der Waals surface area contributed by atoms with E-state index in [1.54, 1.807) is 0 Å². The highest BCUT2D eigenvalue weighted by Gasteiger charge is 2.25. The molecule has 0 spiro atoms. The van der Waals surface area contributed by atoms with Gasteiger partial charge in [0.15, 0.2) is 11.4 Å².